The number of carbonyl (C=O) groups excluding carboxylic acids is 1. The van der Waals surface area contributed by atoms with Crippen molar-refractivity contribution >= 4 is 17.5 Å². The molecule has 1 unspecified atom stereocenters. The number of halogens is 1. The van der Waals surface area contributed by atoms with Crippen LogP contribution in [0.25, 0.3) is 11.3 Å². The van der Waals surface area contributed by atoms with Gasteiger partial charge in [0.15, 0.2) is 0 Å². The number of rotatable bonds is 3. The summed E-state index contributed by atoms with van der Waals surface area (Å²) >= 11 is 5.89. The Morgan fingerprint density at radius 1 is 1.39 bits per heavy atom. The van der Waals surface area contributed by atoms with E-state index in [-0.39, 0.29) is 11.9 Å². The Morgan fingerprint density at radius 3 is 2.74 bits per heavy atom. The van der Waals surface area contributed by atoms with Crippen LogP contribution >= 0.6 is 11.6 Å². The van der Waals surface area contributed by atoms with E-state index in [4.69, 9.17) is 11.6 Å². The molecule has 2 N–H and O–H groups in total. The molecule has 0 aliphatic carbocycles. The molecular weight excluding hydrogens is 314 g/mol. The van der Waals surface area contributed by atoms with E-state index in [2.05, 4.69) is 10.2 Å². The number of nitrogens with zero attached hydrogens (tertiary/aromatic N) is 2. The highest BCUT2D eigenvalue weighted by molar-refractivity contribution is 6.30. The summed E-state index contributed by atoms with van der Waals surface area (Å²) < 4.78 is 0. The van der Waals surface area contributed by atoms with E-state index in [1.54, 1.807) is 36.9 Å². The third-order valence-corrected chi connectivity index (χ3v) is 4.53. The zero-order chi connectivity index (χ0) is 16.6. The Balaban J connectivity index is 1.82. The maximum Gasteiger partial charge on any atom is 0.272 e. The van der Waals surface area contributed by atoms with Gasteiger partial charge >= 0.3 is 0 Å². The number of hydrogen-bond acceptors (Lipinski definition) is 3. The summed E-state index contributed by atoms with van der Waals surface area (Å²) in [6.07, 6.45) is 1.71. The molecule has 1 aliphatic heterocycles. The Hall–Kier alpha value is -1.85. The Labute approximate surface area is 140 Å². The van der Waals surface area contributed by atoms with Gasteiger partial charge in [-0.05, 0) is 44.9 Å². The number of amides is 1. The van der Waals surface area contributed by atoms with E-state index in [0.29, 0.717) is 23.0 Å². The second-order valence-corrected chi connectivity index (χ2v) is 6.92. The standard InChI is InChI=1S/C17H20ClN3O2/c1-17(2,23)15-4-3-9-21(15)16(22)14-10-13(19-20-14)11-5-7-12(18)8-6-11/h5-8,10,15,23H,3-4,9H2,1-2H3,(H,19,20). The first-order chi connectivity index (χ1) is 10.9. The second-order valence-electron chi connectivity index (χ2n) is 6.48. The lowest BCUT2D eigenvalue weighted by molar-refractivity contribution is 0.000118. The molecule has 1 amide bonds. The number of aromatic amines is 1. The van der Waals surface area contributed by atoms with Crippen LogP contribution in [-0.2, 0) is 0 Å². The Kier molecular flexibility index (Phi) is 4.17. The highest BCUT2D eigenvalue weighted by Gasteiger charge is 2.39. The first-order valence-corrected chi connectivity index (χ1v) is 8.09. The van der Waals surface area contributed by atoms with Gasteiger partial charge in [-0.1, -0.05) is 23.7 Å². The van der Waals surface area contributed by atoms with Crippen molar-refractivity contribution < 1.29 is 9.90 Å². The summed E-state index contributed by atoms with van der Waals surface area (Å²) in [7, 11) is 0. The van der Waals surface area contributed by atoms with Gasteiger partial charge in [-0.3, -0.25) is 9.89 Å². The van der Waals surface area contributed by atoms with Crippen LogP contribution in [0.4, 0.5) is 0 Å². The molecule has 2 aromatic rings. The van der Waals surface area contributed by atoms with E-state index in [1.807, 2.05) is 12.1 Å². The van der Waals surface area contributed by atoms with Gasteiger partial charge in [-0.25, -0.2) is 0 Å². The van der Waals surface area contributed by atoms with Gasteiger partial charge in [0, 0.05) is 17.1 Å². The monoisotopic (exact) mass is 333 g/mol. The smallest absolute Gasteiger partial charge is 0.272 e. The fourth-order valence-corrected chi connectivity index (χ4v) is 3.22. The summed E-state index contributed by atoms with van der Waals surface area (Å²) in [5.41, 5.74) is 1.12. The third kappa shape index (κ3) is 3.26. The molecule has 0 saturated carbocycles. The van der Waals surface area contributed by atoms with Crippen molar-refractivity contribution in [2.45, 2.75) is 38.3 Å². The molecule has 1 fully saturated rings. The van der Waals surface area contributed by atoms with Crippen molar-refractivity contribution in [3.8, 4) is 11.3 Å². The van der Waals surface area contributed by atoms with Crippen molar-refractivity contribution in [3.63, 3.8) is 0 Å². The summed E-state index contributed by atoms with van der Waals surface area (Å²) in [5.74, 6) is -0.123. The maximum atomic E-state index is 12.7. The molecule has 1 aliphatic rings. The molecule has 2 heterocycles. The summed E-state index contributed by atoms with van der Waals surface area (Å²) in [5, 5.41) is 17.9. The molecule has 0 spiro atoms. The fourth-order valence-electron chi connectivity index (χ4n) is 3.10. The quantitative estimate of drug-likeness (QED) is 0.906. The normalized spacial score (nSPS) is 18.4. The number of carbonyl (C=O) groups is 1. The zero-order valence-corrected chi connectivity index (χ0v) is 14.0. The number of H-pyrrole nitrogens is 1. The lowest BCUT2D eigenvalue weighted by Gasteiger charge is -2.33. The molecule has 5 nitrogen and oxygen atoms in total. The molecule has 122 valence electrons. The van der Waals surface area contributed by atoms with Gasteiger partial charge < -0.3 is 10.0 Å². The molecule has 1 atom stereocenters. The largest absolute Gasteiger partial charge is 0.388 e. The molecule has 1 aromatic heterocycles. The Morgan fingerprint density at radius 2 is 2.09 bits per heavy atom. The van der Waals surface area contributed by atoms with E-state index < -0.39 is 5.60 Å². The van der Waals surface area contributed by atoms with Gasteiger partial charge in [0.2, 0.25) is 0 Å². The zero-order valence-electron chi connectivity index (χ0n) is 13.2. The predicted molar refractivity (Wildman–Crippen MR) is 89.4 cm³/mol. The minimum atomic E-state index is -0.912. The minimum absolute atomic E-state index is 0.123. The minimum Gasteiger partial charge on any atom is -0.388 e. The first-order valence-electron chi connectivity index (χ1n) is 7.71. The van der Waals surface area contributed by atoms with Crippen LogP contribution in [0.5, 0.6) is 0 Å². The van der Waals surface area contributed by atoms with Gasteiger partial charge in [-0.15, -0.1) is 0 Å². The van der Waals surface area contributed by atoms with E-state index in [9.17, 15) is 9.90 Å². The van der Waals surface area contributed by atoms with Crippen LogP contribution in [0.15, 0.2) is 30.3 Å². The highest BCUT2D eigenvalue weighted by Crippen LogP contribution is 2.28. The molecule has 1 saturated heterocycles. The molecule has 23 heavy (non-hydrogen) atoms. The van der Waals surface area contributed by atoms with Gasteiger partial charge in [0.1, 0.15) is 5.69 Å². The van der Waals surface area contributed by atoms with Crippen LogP contribution in [0.2, 0.25) is 5.02 Å². The van der Waals surface area contributed by atoms with E-state index in [0.717, 1.165) is 18.4 Å². The van der Waals surface area contributed by atoms with Crippen molar-refractivity contribution in [2.24, 2.45) is 0 Å². The van der Waals surface area contributed by atoms with Crippen LogP contribution < -0.4 is 0 Å². The number of aliphatic hydroxyl groups is 1. The second kappa shape index (κ2) is 5.98. The van der Waals surface area contributed by atoms with Crippen LogP contribution in [0.1, 0.15) is 37.2 Å². The number of likely N-dealkylation sites (tertiary alicyclic amines) is 1. The van der Waals surface area contributed by atoms with Crippen molar-refractivity contribution in [1.82, 2.24) is 15.1 Å². The van der Waals surface area contributed by atoms with E-state index >= 15 is 0 Å². The van der Waals surface area contributed by atoms with Crippen LogP contribution in [-0.4, -0.2) is 44.3 Å². The van der Waals surface area contributed by atoms with Crippen molar-refractivity contribution in [3.05, 3.63) is 41.0 Å². The van der Waals surface area contributed by atoms with Crippen LogP contribution in [0, 0.1) is 0 Å². The molecule has 3 rings (SSSR count). The SMILES string of the molecule is CC(C)(O)C1CCCN1C(=O)c1cc(-c2ccc(Cl)cc2)n[nH]1. The summed E-state index contributed by atoms with van der Waals surface area (Å²) in [6, 6.07) is 8.88. The number of nitrogens with one attached hydrogen (secondary N) is 1. The van der Waals surface area contributed by atoms with Crippen molar-refractivity contribution in [1.29, 1.82) is 0 Å². The number of hydrogen-bond donors (Lipinski definition) is 2. The topological polar surface area (TPSA) is 69.2 Å². The third-order valence-electron chi connectivity index (χ3n) is 4.28. The lowest BCUT2D eigenvalue weighted by Crippen LogP contribution is -2.48. The van der Waals surface area contributed by atoms with Gasteiger partial charge in [-0.2, -0.15) is 5.10 Å². The summed E-state index contributed by atoms with van der Waals surface area (Å²) in [6.45, 7) is 4.15. The lowest BCUT2D eigenvalue weighted by atomic mass is 9.96. The molecule has 0 bridgehead atoms. The summed E-state index contributed by atoms with van der Waals surface area (Å²) in [4.78, 5) is 14.5. The van der Waals surface area contributed by atoms with Gasteiger partial charge in [0.25, 0.3) is 5.91 Å². The number of aromatic nitrogens is 2. The fraction of sp³-hybridized carbons (Fsp3) is 0.412. The molecule has 6 heteroatoms. The van der Waals surface area contributed by atoms with E-state index in [1.165, 1.54) is 0 Å². The van der Waals surface area contributed by atoms with Gasteiger partial charge in [0.05, 0.1) is 17.3 Å². The first kappa shape index (κ1) is 16.0. The van der Waals surface area contributed by atoms with Crippen LogP contribution in [0.3, 0.4) is 0 Å². The van der Waals surface area contributed by atoms with Crippen molar-refractivity contribution in [2.75, 3.05) is 6.54 Å². The maximum absolute atomic E-state index is 12.7. The average molecular weight is 334 g/mol. The Bertz CT molecular complexity index is 703. The number of benzene rings is 1. The average Bonchev–Trinajstić information content (AvgIpc) is 3.16. The highest BCUT2D eigenvalue weighted by atomic mass is 35.5. The molecule has 1 aromatic carbocycles. The molecule has 0 radical (unpaired) electrons. The predicted octanol–water partition coefficient (Wildman–Crippen LogP) is 3.11. The molecular formula is C17H20ClN3O2.